The van der Waals surface area contributed by atoms with Gasteiger partial charge in [0.15, 0.2) is 6.10 Å². The molecule has 0 aromatic heterocycles. The Hall–Kier alpha value is -1.30. The summed E-state index contributed by atoms with van der Waals surface area (Å²) in [5.74, 6) is -1.08. The first-order chi connectivity index (χ1) is 8.47. The normalized spacial score (nSPS) is 19.9. The largest absolute Gasteiger partial charge is 0.479 e. The third-order valence-electron chi connectivity index (χ3n) is 3.38. The molecule has 1 aliphatic rings. The van der Waals surface area contributed by atoms with Gasteiger partial charge in [-0.25, -0.2) is 9.59 Å². The molecule has 0 saturated heterocycles. The highest BCUT2D eigenvalue weighted by Crippen LogP contribution is 2.27. The number of ether oxygens (including phenoxy) is 1. The maximum Gasteiger partial charge on any atom is 0.334 e. The molecule has 3 N–H and O–H groups in total. The molecule has 104 valence electrons. The van der Waals surface area contributed by atoms with Gasteiger partial charge in [0.25, 0.3) is 0 Å². The number of hydrogen-bond donors (Lipinski definition) is 3. The summed E-state index contributed by atoms with van der Waals surface area (Å²) < 4.78 is 4.74. The fraction of sp³-hybridized carbons (Fsp3) is 0.833. The van der Waals surface area contributed by atoms with Gasteiger partial charge in [0.1, 0.15) is 0 Å². The predicted octanol–water partition coefficient (Wildman–Crippen LogP) is 1.11. The zero-order valence-corrected chi connectivity index (χ0v) is 11.0. The third kappa shape index (κ3) is 4.52. The molecular formula is C12H22N2O4. The number of urea groups is 1. The molecular weight excluding hydrogens is 236 g/mol. The van der Waals surface area contributed by atoms with Crippen LogP contribution < -0.4 is 10.6 Å². The average molecular weight is 258 g/mol. The lowest BCUT2D eigenvalue weighted by atomic mass is 9.83. The van der Waals surface area contributed by atoms with E-state index in [0.29, 0.717) is 0 Å². The number of methoxy groups -OCH3 is 1. The van der Waals surface area contributed by atoms with Gasteiger partial charge in [0, 0.05) is 12.6 Å². The molecule has 1 atom stereocenters. The molecule has 0 aliphatic heterocycles. The fourth-order valence-corrected chi connectivity index (χ4v) is 2.23. The average Bonchev–Trinajstić information content (AvgIpc) is 2.29. The summed E-state index contributed by atoms with van der Waals surface area (Å²) in [5, 5.41) is 14.2. The molecule has 0 spiro atoms. The molecule has 1 saturated carbocycles. The minimum absolute atomic E-state index is 0.0340. The van der Waals surface area contributed by atoms with Crippen molar-refractivity contribution in [2.24, 2.45) is 0 Å². The number of carbonyl (C=O) groups excluding carboxylic acids is 1. The Bertz CT molecular complexity index is 300. The number of aliphatic carboxylic acids is 1. The quantitative estimate of drug-likeness (QED) is 0.689. The Labute approximate surface area is 107 Å². The second-order valence-electron chi connectivity index (χ2n) is 5.02. The van der Waals surface area contributed by atoms with E-state index in [1.807, 2.05) is 6.92 Å². The molecule has 6 nitrogen and oxygen atoms in total. The summed E-state index contributed by atoms with van der Waals surface area (Å²) in [7, 11) is 1.31. The van der Waals surface area contributed by atoms with Crippen LogP contribution in [-0.4, -0.2) is 42.4 Å². The van der Waals surface area contributed by atoms with Gasteiger partial charge < -0.3 is 20.5 Å². The Morgan fingerprint density at radius 1 is 1.33 bits per heavy atom. The molecule has 0 heterocycles. The van der Waals surface area contributed by atoms with Gasteiger partial charge in [-0.05, 0) is 19.8 Å². The molecule has 1 aliphatic carbocycles. The van der Waals surface area contributed by atoms with Gasteiger partial charge in [-0.15, -0.1) is 0 Å². The molecule has 1 unspecified atom stereocenters. The van der Waals surface area contributed by atoms with Crippen LogP contribution in [0.25, 0.3) is 0 Å². The highest BCUT2D eigenvalue weighted by molar-refractivity contribution is 5.77. The number of carboxylic acid groups (broad SMARTS) is 1. The molecule has 2 amide bonds. The van der Waals surface area contributed by atoms with Crippen molar-refractivity contribution in [2.75, 3.05) is 13.7 Å². The van der Waals surface area contributed by atoms with Crippen LogP contribution in [0.4, 0.5) is 4.79 Å². The van der Waals surface area contributed by atoms with Crippen molar-refractivity contribution in [2.45, 2.75) is 50.7 Å². The van der Waals surface area contributed by atoms with Crippen LogP contribution >= 0.6 is 0 Å². The van der Waals surface area contributed by atoms with Gasteiger partial charge in [-0.1, -0.05) is 19.3 Å². The molecule has 0 radical (unpaired) electrons. The maximum absolute atomic E-state index is 11.7. The SMILES string of the molecule is COC(CNC(=O)NC1(C)CCCCC1)C(=O)O. The molecule has 0 aromatic rings. The molecule has 18 heavy (non-hydrogen) atoms. The van der Waals surface area contributed by atoms with Gasteiger partial charge in [0.2, 0.25) is 0 Å². The summed E-state index contributed by atoms with van der Waals surface area (Å²) in [5.41, 5.74) is -0.172. The second kappa shape index (κ2) is 6.58. The summed E-state index contributed by atoms with van der Waals surface area (Å²) in [6.45, 7) is 1.99. The summed E-state index contributed by atoms with van der Waals surface area (Å²) in [6.07, 6.45) is 4.37. The van der Waals surface area contributed by atoms with Crippen LogP contribution in [0.5, 0.6) is 0 Å². The molecule has 6 heteroatoms. The number of amides is 2. The molecule has 0 bridgehead atoms. The zero-order chi connectivity index (χ0) is 13.6. The van der Waals surface area contributed by atoms with Gasteiger partial charge >= 0.3 is 12.0 Å². The van der Waals surface area contributed by atoms with E-state index in [0.717, 1.165) is 25.7 Å². The highest BCUT2D eigenvalue weighted by atomic mass is 16.5. The van der Waals surface area contributed by atoms with Crippen molar-refractivity contribution in [1.82, 2.24) is 10.6 Å². The van der Waals surface area contributed by atoms with Gasteiger partial charge in [-0.2, -0.15) is 0 Å². The molecule has 0 aromatic carbocycles. The van der Waals surface area contributed by atoms with Crippen LogP contribution in [-0.2, 0) is 9.53 Å². The van der Waals surface area contributed by atoms with E-state index in [1.54, 1.807) is 0 Å². The summed E-state index contributed by atoms with van der Waals surface area (Å²) >= 11 is 0. The Morgan fingerprint density at radius 3 is 2.44 bits per heavy atom. The minimum atomic E-state index is -1.08. The monoisotopic (exact) mass is 258 g/mol. The van der Waals surface area contributed by atoms with E-state index in [1.165, 1.54) is 13.5 Å². The number of nitrogens with one attached hydrogen (secondary N) is 2. The first-order valence-corrected chi connectivity index (χ1v) is 6.28. The zero-order valence-electron chi connectivity index (χ0n) is 11.0. The van der Waals surface area contributed by atoms with Crippen molar-refractivity contribution in [1.29, 1.82) is 0 Å². The highest BCUT2D eigenvalue weighted by Gasteiger charge is 2.28. The van der Waals surface area contributed by atoms with E-state index in [4.69, 9.17) is 9.84 Å². The van der Waals surface area contributed by atoms with E-state index in [9.17, 15) is 9.59 Å². The van der Waals surface area contributed by atoms with Crippen molar-refractivity contribution in [3.8, 4) is 0 Å². The van der Waals surface area contributed by atoms with Gasteiger partial charge in [-0.3, -0.25) is 0 Å². The lowest BCUT2D eigenvalue weighted by molar-refractivity contribution is -0.147. The van der Waals surface area contributed by atoms with Crippen molar-refractivity contribution in [3.63, 3.8) is 0 Å². The first kappa shape index (κ1) is 14.8. The molecule has 1 rings (SSSR count). The smallest absolute Gasteiger partial charge is 0.334 e. The molecule has 1 fully saturated rings. The summed E-state index contributed by atoms with van der Waals surface area (Å²) in [4.78, 5) is 22.4. The fourth-order valence-electron chi connectivity index (χ4n) is 2.23. The number of rotatable bonds is 5. The van der Waals surface area contributed by atoms with Crippen molar-refractivity contribution >= 4 is 12.0 Å². The second-order valence-corrected chi connectivity index (χ2v) is 5.02. The number of hydrogen-bond acceptors (Lipinski definition) is 3. The van der Waals surface area contributed by atoms with E-state index < -0.39 is 12.1 Å². The van der Waals surface area contributed by atoms with Crippen molar-refractivity contribution in [3.05, 3.63) is 0 Å². The van der Waals surface area contributed by atoms with Crippen molar-refractivity contribution < 1.29 is 19.4 Å². The minimum Gasteiger partial charge on any atom is -0.479 e. The number of carbonyl (C=O) groups is 2. The summed E-state index contributed by atoms with van der Waals surface area (Å²) in [6, 6.07) is -0.331. The standard InChI is InChI=1S/C12H22N2O4/c1-12(6-4-3-5-7-12)14-11(17)13-8-9(18-2)10(15)16/h9H,3-8H2,1-2H3,(H,15,16)(H2,13,14,17). The maximum atomic E-state index is 11.7. The lowest BCUT2D eigenvalue weighted by Crippen LogP contribution is -2.52. The Kier molecular flexibility index (Phi) is 5.40. The van der Waals surface area contributed by atoms with Crippen LogP contribution in [0, 0.1) is 0 Å². The van der Waals surface area contributed by atoms with Crippen LogP contribution in [0.1, 0.15) is 39.0 Å². The van der Waals surface area contributed by atoms with Crippen LogP contribution in [0.3, 0.4) is 0 Å². The van der Waals surface area contributed by atoms with Crippen LogP contribution in [0.2, 0.25) is 0 Å². The number of carboxylic acids is 1. The first-order valence-electron chi connectivity index (χ1n) is 6.28. The Morgan fingerprint density at radius 2 is 1.94 bits per heavy atom. The van der Waals surface area contributed by atoms with Crippen LogP contribution in [0.15, 0.2) is 0 Å². The Balaban J connectivity index is 2.34. The topological polar surface area (TPSA) is 87.7 Å². The van der Waals surface area contributed by atoms with E-state index in [2.05, 4.69) is 10.6 Å². The lowest BCUT2D eigenvalue weighted by Gasteiger charge is -2.34. The van der Waals surface area contributed by atoms with Gasteiger partial charge in [0.05, 0.1) is 6.54 Å². The van der Waals surface area contributed by atoms with E-state index in [-0.39, 0.29) is 18.1 Å². The predicted molar refractivity (Wildman–Crippen MR) is 66.5 cm³/mol. The third-order valence-corrected chi connectivity index (χ3v) is 3.38. The van der Waals surface area contributed by atoms with E-state index >= 15 is 0 Å².